The zero-order valence-corrected chi connectivity index (χ0v) is 21.4. The Labute approximate surface area is 167 Å². The van der Waals surface area contributed by atoms with Gasteiger partial charge >= 0.3 is 128 Å². The molecule has 1 aromatic carbocycles. The molecule has 22 heavy (non-hydrogen) atoms. The van der Waals surface area contributed by atoms with Crippen LogP contribution < -0.4 is 34.7 Å². The maximum absolute atomic E-state index is 10.7. The van der Waals surface area contributed by atoms with Crippen molar-refractivity contribution in [1.29, 1.82) is 0 Å². The van der Waals surface area contributed by atoms with Gasteiger partial charge in [0.25, 0.3) is 0 Å². The van der Waals surface area contributed by atoms with E-state index < -0.39 is 35.0 Å². The summed E-state index contributed by atoms with van der Waals surface area (Å²) in [4.78, 5) is 21.3. The molecule has 0 aliphatic carbocycles. The monoisotopic (exact) mass is 518 g/mol. The summed E-state index contributed by atoms with van der Waals surface area (Å²) in [5.41, 5.74) is 0.348. The van der Waals surface area contributed by atoms with E-state index in [1.165, 1.54) is 10.0 Å². The fourth-order valence-corrected chi connectivity index (χ4v) is 10.0. The van der Waals surface area contributed by atoms with E-state index in [9.17, 15) is 14.7 Å². The smallest absolute Gasteiger partial charge is 1.00 e. The van der Waals surface area contributed by atoms with Gasteiger partial charge in [-0.2, -0.15) is 0 Å². The van der Waals surface area contributed by atoms with Crippen LogP contribution in [0.1, 0.15) is 24.2 Å². The summed E-state index contributed by atoms with van der Waals surface area (Å²) in [6, 6.07) is 7.09. The van der Waals surface area contributed by atoms with Gasteiger partial charge in [0, 0.05) is 6.08 Å². The number of aromatic carboxylic acids is 1. The average Bonchev–Trinajstić information content (AvgIpc) is 2.46. The van der Waals surface area contributed by atoms with E-state index in [0.717, 1.165) is 11.0 Å². The molecule has 0 saturated carbocycles. The summed E-state index contributed by atoms with van der Waals surface area (Å²) in [6.45, 7) is 3.99. The van der Waals surface area contributed by atoms with Gasteiger partial charge in [-0.05, 0) is 6.92 Å². The first-order chi connectivity index (χ1) is 10.0. The molecule has 0 amide bonds. The van der Waals surface area contributed by atoms with Crippen molar-refractivity contribution in [3.8, 4) is 0 Å². The third-order valence-electron chi connectivity index (χ3n) is 2.11. The first kappa shape index (κ1) is 24.2. The Morgan fingerprint density at radius 2 is 1.95 bits per heavy atom. The van der Waals surface area contributed by atoms with E-state index in [4.69, 9.17) is 5.11 Å². The van der Waals surface area contributed by atoms with Gasteiger partial charge < -0.3 is 5.11 Å². The Hall–Kier alpha value is -0.0749. The summed E-state index contributed by atoms with van der Waals surface area (Å²) >= 11 is -0.888. The normalized spacial score (nSPS) is 9.55. The Morgan fingerprint density at radius 3 is 2.45 bits per heavy atom. The maximum Gasteiger partial charge on any atom is 1.00 e. The predicted octanol–water partition coefficient (Wildman–Crippen LogP) is -0.215. The summed E-state index contributed by atoms with van der Waals surface area (Å²) in [5.74, 6) is -1.98. The summed E-state index contributed by atoms with van der Waals surface area (Å²) in [6.07, 6.45) is 5.98. The number of carboxylic acid groups (broad SMARTS) is 2. The van der Waals surface area contributed by atoms with Gasteiger partial charge in [-0.15, -0.1) is 0 Å². The SMILES string of the molecule is C/C=C/C=C/C(=O)O.C[CH2][Hg][S]c1ccccc1C(=O)[O-].[Na+]. The van der Waals surface area contributed by atoms with Crippen LogP contribution in [-0.4, -0.2) is 17.0 Å². The number of carboxylic acids is 2. The van der Waals surface area contributed by atoms with Gasteiger partial charge in [-0.25, -0.2) is 4.79 Å². The number of hydrogen-bond acceptors (Lipinski definition) is 4. The topological polar surface area (TPSA) is 77.4 Å². The molecule has 0 heterocycles. The Kier molecular flexibility index (Phi) is 17.4. The van der Waals surface area contributed by atoms with Crippen molar-refractivity contribution in [2.45, 2.75) is 22.7 Å². The quantitative estimate of drug-likeness (QED) is 0.322. The third-order valence-corrected chi connectivity index (χ3v) is 14.2. The number of rotatable bonds is 6. The number of carbonyl (C=O) groups is 2. The molecule has 0 radical (unpaired) electrons. The molecule has 0 atom stereocenters. The fraction of sp³-hybridized carbons (Fsp3) is 0.200. The van der Waals surface area contributed by atoms with Crippen molar-refractivity contribution in [2.75, 3.05) is 0 Å². The van der Waals surface area contributed by atoms with Crippen molar-refractivity contribution in [2.24, 2.45) is 0 Å². The van der Waals surface area contributed by atoms with Crippen LogP contribution in [0.4, 0.5) is 0 Å². The molecular formula is C15H17HgNaO4S. The van der Waals surface area contributed by atoms with Crippen LogP contribution in [0.2, 0.25) is 3.93 Å². The van der Waals surface area contributed by atoms with Crippen molar-refractivity contribution in [3.63, 3.8) is 0 Å². The Balaban J connectivity index is 0. The maximum atomic E-state index is 10.7. The van der Waals surface area contributed by atoms with E-state index in [1.807, 2.05) is 19.1 Å². The van der Waals surface area contributed by atoms with E-state index in [2.05, 4.69) is 6.92 Å². The van der Waals surface area contributed by atoms with Crippen molar-refractivity contribution < 1.29 is 72.4 Å². The predicted molar refractivity (Wildman–Crippen MR) is 78.7 cm³/mol. The first-order valence-electron chi connectivity index (χ1n) is 6.48. The zero-order valence-electron chi connectivity index (χ0n) is 13.1. The number of hydrogen-bond donors (Lipinski definition) is 1. The third kappa shape index (κ3) is 12.5. The van der Waals surface area contributed by atoms with Crippen LogP contribution in [0.25, 0.3) is 0 Å². The molecule has 0 aromatic heterocycles. The number of allylic oxidation sites excluding steroid dienone is 3. The molecule has 1 aromatic rings. The van der Waals surface area contributed by atoms with Gasteiger partial charge in [-0.3, -0.25) is 0 Å². The molecule has 4 nitrogen and oxygen atoms in total. The van der Waals surface area contributed by atoms with E-state index in [0.29, 0.717) is 5.56 Å². The van der Waals surface area contributed by atoms with Crippen LogP contribution in [0, 0.1) is 0 Å². The minimum absolute atomic E-state index is 0. The van der Waals surface area contributed by atoms with Gasteiger partial charge in [0.1, 0.15) is 0 Å². The number of aliphatic carboxylic acids is 1. The molecule has 0 aliphatic rings. The largest absolute Gasteiger partial charge is 1.00 e. The molecule has 7 heteroatoms. The minimum Gasteiger partial charge on any atom is 1.00 e. The molecular weight excluding hydrogens is 500 g/mol. The van der Waals surface area contributed by atoms with Crippen molar-refractivity contribution >= 4 is 20.2 Å². The van der Waals surface area contributed by atoms with Crippen LogP contribution in [0.15, 0.2) is 53.5 Å². The van der Waals surface area contributed by atoms with Gasteiger partial charge in [0.15, 0.2) is 0 Å². The molecule has 0 unspecified atom stereocenters. The van der Waals surface area contributed by atoms with Crippen LogP contribution in [0.3, 0.4) is 0 Å². The fourth-order valence-electron chi connectivity index (χ4n) is 1.22. The second kappa shape index (κ2) is 15.8. The van der Waals surface area contributed by atoms with Crippen LogP contribution >= 0.6 is 8.24 Å². The summed E-state index contributed by atoms with van der Waals surface area (Å²) in [7, 11) is 1.78. The van der Waals surface area contributed by atoms with Crippen molar-refractivity contribution in [1.82, 2.24) is 0 Å². The molecule has 0 saturated heterocycles. The summed E-state index contributed by atoms with van der Waals surface area (Å²) in [5, 5.41) is 18.7. The van der Waals surface area contributed by atoms with Gasteiger partial charge in [0.2, 0.25) is 0 Å². The van der Waals surface area contributed by atoms with Gasteiger partial charge in [0.05, 0.1) is 0 Å². The Bertz CT molecular complexity index is 518. The van der Waals surface area contributed by atoms with E-state index in [-0.39, 0.29) is 29.6 Å². The van der Waals surface area contributed by atoms with Crippen LogP contribution in [-0.2, 0) is 27.9 Å². The second-order valence-electron chi connectivity index (χ2n) is 3.86. The number of benzene rings is 1. The Morgan fingerprint density at radius 1 is 1.32 bits per heavy atom. The van der Waals surface area contributed by atoms with Gasteiger partial charge in [-0.1, -0.05) is 18.2 Å². The minimum atomic E-state index is -1.06. The molecule has 0 aliphatic heterocycles. The summed E-state index contributed by atoms with van der Waals surface area (Å²) < 4.78 is 1.26. The number of carbonyl (C=O) groups excluding carboxylic acids is 1. The standard InChI is InChI=1S/C7H6O2S.C6H8O2.C2H5.Hg.Na/c8-7(9)5-3-1-2-4-6(5)10;1-2-3-4-5-6(7)8;1-2;;/h1-4,10H,(H,8,9);2-5H,1H3,(H,7,8);1H2,2H3;;/q;;;2*+1/p-2/b;3-2+,5-4+;;;. The molecule has 1 rings (SSSR count). The molecule has 110 valence electrons. The van der Waals surface area contributed by atoms with E-state index in [1.54, 1.807) is 32.5 Å². The van der Waals surface area contributed by atoms with Crippen LogP contribution in [0.5, 0.6) is 0 Å². The molecule has 0 bridgehead atoms. The molecule has 0 fully saturated rings. The van der Waals surface area contributed by atoms with E-state index >= 15 is 0 Å². The molecule has 0 spiro atoms. The zero-order chi connectivity index (χ0) is 16.1. The van der Waals surface area contributed by atoms with Crippen molar-refractivity contribution in [3.05, 3.63) is 54.1 Å². The first-order valence-corrected chi connectivity index (χ1v) is 18.1. The second-order valence-corrected chi connectivity index (χ2v) is 17.0. The molecule has 1 N–H and O–H groups in total. The average molecular weight is 517 g/mol.